The molecule has 5 rings (SSSR count). The summed E-state index contributed by atoms with van der Waals surface area (Å²) in [6.07, 6.45) is 3.34. The lowest BCUT2D eigenvalue weighted by molar-refractivity contribution is -0.146. The van der Waals surface area contributed by atoms with Gasteiger partial charge in [-0.05, 0) is 49.8 Å². The van der Waals surface area contributed by atoms with Crippen molar-refractivity contribution in [2.24, 2.45) is 0 Å². The van der Waals surface area contributed by atoms with E-state index >= 15 is 0 Å². The van der Waals surface area contributed by atoms with E-state index in [-0.39, 0.29) is 28.8 Å². The summed E-state index contributed by atoms with van der Waals surface area (Å²) >= 11 is 1.77. The SMILES string of the molecule is Cc1ccc(CN(C(=O)C2CSC3(C)CCC(=O)N23)C2CCc3ccccc32)cc1. The van der Waals surface area contributed by atoms with Crippen molar-refractivity contribution in [3.8, 4) is 0 Å². The van der Waals surface area contributed by atoms with E-state index in [1.165, 1.54) is 16.7 Å². The number of fused-ring (bicyclic) bond motifs is 2. The topological polar surface area (TPSA) is 40.6 Å². The van der Waals surface area contributed by atoms with Gasteiger partial charge in [-0.3, -0.25) is 9.59 Å². The fourth-order valence-corrected chi connectivity index (χ4v) is 6.71. The maximum absolute atomic E-state index is 14.0. The van der Waals surface area contributed by atoms with Gasteiger partial charge < -0.3 is 9.80 Å². The van der Waals surface area contributed by atoms with Crippen molar-refractivity contribution in [1.29, 1.82) is 0 Å². The van der Waals surface area contributed by atoms with Crippen LogP contribution in [0.1, 0.15) is 54.5 Å². The molecule has 5 heteroatoms. The molecule has 4 nitrogen and oxygen atoms in total. The van der Waals surface area contributed by atoms with Crippen LogP contribution < -0.4 is 0 Å². The van der Waals surface area contributed by atoms with Crippen molar-refractivity contribution in [3.63, 3.8) is 0 Å². The largest absolute Gasteiger partial charge is 0.329 e. The number of carbonyl (C=O) groups is 2. The molecule has 2 aliphatic heterocycles. The van der Waals surface area contributed by atoms with E-state index in [1.54, 1.807) is 11.8 Å². The zero-order chi connectivity index (χ0) is 20.9. The Hall–Kier alpha value is -2.27. The van der Waals surface area contributed by atoms with Crippen molar-refractivity contribution >= 4 is 23.6 Å². The van der Waals surface area contributed by atoms with Crippen LogP contribution in [-0.4, -0.2) is 38.3 Å². The first kappa shape index (κ1) is 19.7. The van der Waals surface area contributed by atoms with Gasteiger partial charge in [-0.2, -0.15) is 0 Å². The minimum absolute atomic E-state index is 0.0737. The van der Waals surface area contributed by atoms with E-state index in [0.717, 1.165) is 24.8 Å². The lowest BCUT2D eigenvalue weighted by atomic mass is 10.0. The van der Waals surface area contributed by atoms with Crippen molar-refractivity contribution < 1.29 is 9.59 Å². The molecule has 156 valence electrons. The van der Waals surface area contributed by atoms with Gasteiger partial charge in [0.05, 0.1) is 10.9 Å². The average Bonchev–Trinajstić information content (AvgIpc) is 3.40. The second-order valence-electron chi connectivity index (χ2n) is 8.97. The highest BCUT2D eigenvalue weighted by atomic mass is 32.2. The van der Waals surface area contributed by atoms with Crippen LogP contribution in [0.2, 0.25) is 0 Å². The van der Waals surface area contributed by atoms with E-state index in [0.29, 0.717) is 18.7 Å². The first-order chi connectivity index (χ1) is 14.5. The number of hydrogen-bond acceptors (Lipinski definition) is 3. The number of carbonyl (C=O) groups excluding carboxylic acids is 2. The Bertz CT molecular complexity index is 989. The van der Waals surface area contributed by atoms with E-state index < -0.39 is 0 Å². The third-order valence-corrected chi connectivity index (χ3v) is 8.47. The zero-order valence-corrected chi connectivity index (χ0v) is 18.5. The van der Waals surface area contributed by atoms with Gasteiger partial charge in [-0.25, -0.2) is 0 Å². The molecular weight excluding hydrogens is 392 g/mol. The molecule has 2 fully saturated rings. The Morgan fingerprint density at radius 1 is 1.17 bits per heavy atom. The highest BCUT2D eigenvalue weighted by molar-refractivity contribution is 8.01. The molecule has 2 aromatic rings. The van der Waals surface area contributed by atoms with Crippen LogP contribution in [0.5, 0.6) is 0 Å². The van der Waals surface area contributed by atoms with Crippen molar-refractivity contribution in [1.82, 2.24) is 9.80 Å². The molecule has 2 amide bonds. The number of hydrogen-bond donors (Lipinski definition) is 0. The van der Waals surface area contributed by atoms with Crippen LogP contribution in [0, 0.1) is 6.92 Å². The summed E-state index contributed by atoms with van der Waals surface area (Å²) in [5.41, 5.74) is 4.96. The van der Waals surface area contributed by atoms with E-state index in [2.05, 4.69) is 67.3 Å². The Labute approximate surface area is 182 Å². The van der Waals surface area contributed by atoms with Gasteiger partial charge in [0, 0.05) is 18.7 Å². The van der Waals surface area contributed by atoms with Gasteiger partial charge in [0.2, 0.25) is 11.8 Å². The molecule has 2 aromatic carbocycles. The van der Waals surface area contributed by atoms with Gasteiger partial charge in [0.15, 0.2) is 0 Å². The van der Waals surface area contributed by atoms with Gasteiger partial charge in [0.25, 0.3) is 0 Å². The number of rotatable bonds is 4. The van der Waals surface area contributed by atoms with Crippen molar-refractivity contribution in [2.75, 3.05) is 5.75 Å². The number of thioether (sulfide) groups is 1. The molecule has 0 saturated carbocycles. The molecule has 2 saturated heterocycles. The molecule has 0 spiro atoms. The predicted molar refractivity (Wildman–Crippen MR) is 120 cm³/mol. The van der Waals surface area contributed by atoms with Gasteiger partial charge >= 0.3 is 0 Å². The third-order valence-electron chi connectivity index (χ3n) is 6.96. The fourth-order valence-electron chi connectivity index (χ4n) is 5.29. The summed E-state index contributed by atoms with van der Waals surface area (Å²) in [6.45, 7) is 4.78. The van der Waals surface area contributed by atoms with Crippen LogP contribution in [0.4, 0.5) is 0 Å². The Morgan fingerprint density at radius 3 is 2.73 bits per heavy atom. The molecule has 0 N–H and O–H groups in total. The Morgan fingerprint density at radius 2 is 1.93 bits per heavy atom. The lowest BCUT2D eigenvalue weighted by Gasteiger charge is -2.36. The highest BCUT2D eigenvalue weighted by Crippen LogP contribution is 2.48. The normalized spacial score (nSPS) is 27.3. The number of aryl methyl sites for hydroxylation is 2. The number of benzene rings is 2. The quantitative estimate of drug-likeness (QED) is 0.733. The zero-order valence-electron chi connectivity index (χ0n) is 17.6. The van der Waals surface area contributed by atoms with Gasteiger partial charge in [-0.15, -0.1) is 11.8 Å². The van der Waals surface area contributed by atoms with Crippen LogP contribution in [0.3, 0.4) is 0 Å². The van der Waals surface area contributed by atoms with E-state index in [4.69, 9.17) is 0 Å². The second-order valence-corrected chi connectivity index (χ2v) is 10.5. The molecular formula is C25H28N2O2S. The number of amides is 2. The molecule has 3 unspecified atom stereocenters. The average molecular weight is 421 g/mol. The molecule has 2 heterocycles. The van der Waals surface area contributed by atoms with Crippen LogP contribution in [0.25, 0.3) is 0 Å². The number of nitrogens with zero attached hydrogens (tertiary/aromatic N) is 2. The second kappa shape index (κ2) is 7.45. The van der Waals surface area contributed by atoms with E-state index in [9.17, 15) is 9.59 Å². The minimum atomic E-state index is -0.354. The smallest absolute Gasteiger partial charge is 0.247 e. The maximum Gasteiger partial charge on any atom is 0.247 e. The van der Waals surface area contributed by atoms with Crippen molar-refractivity contribution in [2.45, 2.75) is 63.0 Å². The summed E-state index contributed by atoms with van der Waals surface area (Å²) in [5.74, 6) is 0.923. The van der Waals surface area contributed by atoms with Crippen LogP contribution in [0.15, 0.2) is 48.5 Å². The van der Waals surface area contributed by atoms with Gasteiger partial charge in [-0.1, -0.05) is 54.1 Å². The summed E-state index contributed by atoms with van der Waals surface area (Å²) in [5, 5.41) is 0. The standard InChI is InChI=1S/C25H28N2O2S/c1-17-7-9-18(10-8-17)15-26(21-12-11-19-5-3-4-6-20(19)21)24(29)22-16-30-25(2)14-13-23(28)27(22)25/h3-10,21-22H,11-16H2,1-2H3. The summed E-state index contributed by atoms with van der Waals surface area (Å²) in [6, 6.07) is 16.6. The first-order valence-corrected chi connectivity index (χ1v) is 11.8. The monoisotopic (exact) mass is 420 g/mol. The molecule has 30 heavy (non-hydrogen) atoms. The summed E-state index contributed by atoms with van der Waals surface area (Å²) < 4.78 is 0. The fraction of sp³-hybridized carbons (Fsp3) is 0.440. The molecule has 0 radical (unpaired) electrons. The predicted octanol–water partition coefficient (Wildman–Crippen LogP) is 4.47. The molecule has 3 atom stereocenters. The Balaban J connectivity index is 1.49. The van der Waals surface area contributed by atoms with E-state index in [1.807, 2.05) is 4.90 Å². The third kappa shape index (κ3) is 3.24. The lowest BCUT2D eigenvalue weighted by Crippen LogP contribution is -2.51. The maximum atomic E-state index is 14.0. The van der Waals surface area contributed by atoms with Crippen LogP contribution >= 0.6 is 11.8 Å². The molecule has 1 aliphatic carbocycles. The highest BCUT2D eigenvalue weighted by Gasteiger charge is 2.54. The first-order valence-electron chi connectivity index (χ1n) is 10.9. The molecule has 3 aliphatic rings. The van der Waals surface area contributed by atoms with Crippen LogP contribution in [-0.2, 0) is 22.6 Å². The summed E-state index contributed by atoms with van der Waals surface area (Å²) in [7, 11) is 0. The van der Waals surface area contributed by atoms with Gasteiger partial charge in [0.1, 0.15) is 6.04 Å². The Kier molecular flexibility index (Phi) is 4.89. The summed E-state index contributed by atoms with van der Waals surface area (Å²) in [4.78, 5) is 30.3. The van der Waals surface area contributed by atoms with Crippen molar-refractivity contribution in [3.05, 3.63) is 70.8 Å². The molecule has 0 aromatic heterocycles. The minimum Gasteiger partial charge on any atom is -0.329 e. The molecule has 0 bridgehead atoms.